The highest BCUT2D eigenvalue weighted by atomic mass is 127. The zero-order valence-electron chi connectivity index (χ0n) is 12.1. The van der Waals surface area contributed by atoms with Crippen molar-refractivity contribution in [2.24, 2.45) is 10.2 Å². The second kappa shape index (κ2) is 8.01. The van der Waals surface area contributed by atoms with Crippen LogP contribution in [0.3, 0.4) is 0 Å². The van der Waals surface area contributed by atoms with Gasteiger partial charge in [0.15, 0.2) is 5.17 Å². The van der Waals surface area contributed by atoms with E-state index in [0.29, 0.717) is 9.13 Å². The number of benzene rings is 1. The van der Waals surface area contributed by atoms with E-state index in [1.165, 1.54) is 25.5 Å². The van der Waals surface area contributed by atoms with Gasteiger partial charge in [-0.25, -0.2) is 4.79 Å². The average molecular weight is 460 g/mol. The molecule has 124 valence electrons. The first kappa shape index (κ1) is 18.1. The fourth-order valence-corrected chi connectivity index (χ4v) is 2.90. The topological polar surface area (TPSA) is 123 Å². The van der Waals surface area contributed by atoms with Gasteiger partial charge in [-0.3, -0.25) is 20.2 Å². The Morgan fingerprint density at radius 3 is 2.88 bits per heavy atom. The molecule has 1 aromatic rings. The summed E-state index contributed by atoms with van der Waals surface area (Å²) in [6.45, 7) is 0. The summed E-state index contributed by atoms with van der Waals surface area (Å²) >= 11 is 2.90. The predicted molar refractivity (Wildman–Crippen MR) is 96.7 cm³/mol. The minimum atomic E-state index is -0.641. The molecule has 1 aliphatic heterocycles. The Morgan fingerprint density at radius 1 is 1.50 bits per heavy atom. The number of amidine groups is 1. The molecule has 0 bridgehead atoms. The molecule has 2 rings (SSSR count). The van der Waals surface area contributed by atoms with Crippen molar-refractivity contribution in [2.75, 3.05) is 7.11 Å². The molecule has 0 saturated carbocycles. The molecular formula is C13H9IN4O5S. The second-order valence-electron chi connectivity index (χ2n) is 4.20. The molecular weight excluding hydrogens is 451 g/mol. The molecule has 0 atom stereocenters. The highest BCUT2D eigenvalue weighted by Crippen LogP contribution is 2.23. The summed E-state index contributed by atoms with van der Waals surface area (Å²) in [5.41, 5.74) is 0.629. The molecule has 0 unspecified atom stereocenters. The number of hydrogen-bond donors (Lipinski definition) is 1. The maximum atomic E-state index is 11.6. The van der Waals surface area contributed by atoms with E-state index in [9.17, 15) is 19.7 Å². The normalized spacial score (nSPS) is 17.5. The van der Waals surface area contributed by atoms with Gasteiger partial charge in [-0.1, -0.05) is 0 Å². The predicted octanol–water partition coefficient (Wildman–Crippen LogP) is 1.81. The molecule has 1 aliphatic rings. The number of nitro benzene ring substituents is 1. The number of hydrogen-bond acceptors (Lipinski definition) is 8. The van der Waals surface area contributed by atoms with Crippen LogP contribution in [0.15, 0.2) is 39.4 Å². The maximum absolute atomic E-state index is 11.6. The molecule has 1 heterocycles. The highest BCUT2D eigenvalue weighted by molar-refractivity contribution is 14.1. The van der Waals surface area contributed by atoms with Crippen molar-refractivity contribution < 1.29 is 19.2 Å². The lowest BCUT2D eigenvalue weighted by Crippen LogP contribution is -2.19. The summed E-state index contributed by atoms with van der Waals surface area (Å²) < 4.78 is 5.09. The number of rotatable bonds is 4. The van der Waals surface area contributed by atoms with Crippen LogP contribution in [0.5, 0.6) is 0 Å². The van der Waals surface area contributed by atoms with E-state index < -0.39 is 16.8 Å². The summed E-state index contributed by atoms with van der Waals surface area (Å²) in [5, 5.41) is 21.0. The number of halogens is 1. The van der Waals surface area contributed by atoms with Gasteiger partial charge >= 0.3 is 5.97 Å². The molecule has 9 nitrogen and oxygen atoms in total. The Labute approximate surface area is 153 Å². The number of carbonyl (C=O) groups excluding carboxylic acids is 2. The number of ether oxygens (including phenoxy) is 1. The molecule has 1 aromatic carbocycles. The van der Waals surface area contributed by atoms with Gasteiger partial charge in [-0.05, 0) is 40.4 Å². The highest BCUT2D eigenvalue weighted by Gasteiger charge is 2.25. The minimum absolute atomic E-state index is 0.0148. The van der Waals surface area contributed by atoms with Crippen molar-refractivity contribution in [1.29, 1.82) is 0 Å². The minimum Gasteiger partial charge on any atom is -0.466 e. The quantitative estimate of drug-likeness (QED) is 0.183. The fraction of sp³-hybridized carbons (Fsp3) is 0.0769. The van der Waals surface area contributed by atoms with Gasteiger partial charge < -0.3 is 4.74 Å². The van der Waals surface area contributed by atoms with Crippen LogP contribution in [0, 0.1) is 13.7 Å². The lowest BCUT2D eigenvalue weighted by atomic mass is 10.2. The van der Waals surface area contributed by atoms with Crippen molar-refractivity contribution in [2.45, 2.75) is 0 Å². The number of methoxy groups -OCH3 is 1. The molecule has 0 aliphatic carbocycles. The number of nitrogens with zero attached hydrogens (tertiary/aromatic N) is 3. The van der Waals surface area contributed by atoms with Crippen molar-refractivity contribution in [3.05, 3.63) is 48.4 Å². The number of amides is 1. The number of esters is 1. The van der Waals surface area contributed by atoms with Crippen LogP contribution in [-0.4, -0.2) is 35.3 Å². The molecule has 24 heavy (non-hydrogen) atoms. The summed E-state index contributed by atoms with van der Waals surface area (Å²) in [6.07, 6.45) is 2.47. The van der Waals surface area contributed by atoms with Crippen LogP contribution in [0.2, 0.25) is 0 Å². The van der Waals surface area contributed by atoms with Gasteiger partial charge in [-0.15, -0.1) is 5.10 Å². The lowest BCUT2D eigenvalue weighted by molar-refractivity contribution is -0.384. The van der Waals surface area contributed by atoms with Gasteiger partial charge in [-0.2, -0.15) is 5.10 Å². The smallest absolute Gasteiger partial charge is 0.331 e. The van der Waals surface area contributed by atoms with Crippen molar-refractivity contribution in [3.63, 3.8) is 0 Å². The van der Waals surface area contributed by atoms with E-state index in [0.717, 1.165) is 17.8 Å². The van der Waals surface area contributed by atoms with Gasteiger partial charge in [0.05, 0.1) is 23.2 Å². The fourth-order valence-electron chi connectivity index (χ4n) is 1.52. The summed E-state index contributed by atoms with van der Waals surface area (Å²) in [5.74, 6) is -1.11. The van der Waals surface area contributed by atoms with E-state index in [1.807, 2.05) is 22.6 Å². The summed E-state index contributed by atoms with van der Waals surface area (Å²) in [6, 6.07) is 4.32. The van der Waals surface area contributed by atoms with E-state index >= 15 is 0 Å². The first-order valence-electron chi connectivity index (χ1n) is 6.24. The Morgan fingerprint density at radius 2 is 2.25 bits per heavy atom. The summed E-state index contributed by atoms with van der Waals surface area (Å²) in [4.78, 5) is 33.1. The van der Waals surface area contributed by atoms with E-state index in [-0.39, 0.29) is 15.8 Å². The Kier molecular flexibility index (Phi) is 6.03. The van der Waals surface area contributed by atoms with Crippen LogP contribution >= 0.6 is 34.4 Å². The lowest BCUT2D eigenvalue weighted by Gasteiger charge is -1.97. The van der Waals surface area contributed by atoms with Gasteiger partial charge in [0.1, 0.15) is 0 Å². The zero-order valence-corrected chi connectivity index (χ0v) is 15.0. The van der Waals surface area contributed by atoms with E-state index in [1.54, 1.807) is 6.07 Å². The number of non-ortho nitro benzene ring substituents is 1. The molecule has 0 aromatic heterocycles. The SMILES string of the molecule is COC(=O)/C=C1/S/C(=N\N=Cc2ccc([N+](=O)[O-])cc2I)NC1=O. The Hall–Kier alpha value is -2.28. The third-order valence-electron chi connectivity index (χ3n) is 2.64. The first-order valence-corrected chi connectivity index (χ1v) is 8.14. The number of carbonyl (C=O) groups is 2. The Balaban J connectivity index is 2.10. The van der Waals surface area contributed by atoms with E-state index in [4.69, 9.17) is 0 Å². The van der Waals surface area contributed by atoms with Crippen LogP contribution in [0.25, 0.3) is 0 Å². The largest absolute Gasteiger partial charge is 0.466 e. The van der Waals surface area contributed by atoms with Crippen LogP contribution in [-0.2, 0) is 14.3 Å². The van der Waals surface area contributed by atoms with Crippen LogP contribution in [0.1, 0.15) is 5.56 Å². The van der Waals surface area contributed by atoms with Crippen molar-refractivity contribution in [3.8, 4) is 0 Å². The number of thioether (sulfide) groups is 1. The van der Waals surface area contributed by atoms with Gasteiger partial charge in [0, 0.05) is 27.3 Å². The Bertz CT molecular complexity index is 806. The van der Waals surface area contributed by atoms with Crippen LogP contribution < -0.4 is 5.32 Å². The van der Waals surface area contributed by atoms with E-state index in [2.05, 4.69) is 20.3 Å². The third-order valence-corrected chi connectivity index (χ3v) is 4.48. The third kappa shape index (κ3) is 4.61. The summed E-state index contributed by atoms with van der Waals surface area (Å²) in [7, 11) is 1.21. The van der Waals surface area contributed by atoms with Gasteiger partial charge in [0.25, 0.3) is 11.6 Å². The standard InChI is InChI=1S/C13H9IN4O5S/c1-23-11(19)5-10-12(20)16-13(24-10)17-15-6-7-2-3-8(18(21)22)4-9(7)14/h2-6H,1H3,(H,16,17,20)/b10-5+,15-6?. The second-order valence-corrected chi connectivity index (χ2v) is 6.39. The molecule has 1 amide bonds. The number of nitro groups is 1. The molecule has 0 radical (unpaired) electrons. The monoisotopic (exact) mass is 460 g/mol. The molecule has 0 spiro atoms. The zero-order chi connectivity index (χ0) is 17.7. The van der Waals surface area contributed by atoms with Crippen LogP contribution in [0.4, 0.5) is 5.69 Å². The van der Waals surface area contributed by atoms with Gasteiger partial charge in [0.2, 0.25) is 0 Å². The molecule has 1 fully saturated rings. The average Bonchev–Trinajstić information content (AvgIpc) is 2.88. The molecule has 1 N–H and O–H groups in total. The molecule has 11 heteroatoms. The number of nitrogens with one attached hydrogen (secondary N) is 1. The maximum Gasteiger partial charge on any atom is 0.331 e. The molecule has 1 saturated heterocycles. The van der Waals surface area contributed by atoms with Crippen molar-refractivity contribution >= 4 is 63.3 Å². The van der Waals surface area contributed by atoms with Crippen molar-refractivity contribution in [1.82, 2.24) is 5.32 Å². The first-order chi connectivity index (χ1) is 11.4.